The molecule has 8 nitrogen and oxygen atoms in total. The molecule has 0 spiro atoms. The molecule has 0 saturated heterocycles. The zero-order valence-corrected chi connectivity index (χ0v) is 17.3. The third-order valence-electron chi connectivity index (χ3n) is 4.91. The summed E-state index contributed by atoms with van der Waals surface area (Å²) in [6.45, 7) is 0.311. The second-order valence-corrected chi connectivity index (χ2v) is 7.03. The standard InChI is InChI=1S/C22H19F3N6O2/c1-33-21(32)30-17-7-3-6-14-15(10-27-19(14)17)18-16(22(23,24)25)11-28-20(31-18)29-13-5-2-4-12(8-13)9-26/h2-8,10-11,27H,9,26H2,1H3,(H,30,32)(H,28,29,31). The van der Waals surface area contributed by atoms with Crippen molar-refractivity contribution in [3.8, 4) is 11.3 Å². The minimum atomic E-state index is -4.68. The lowest BCUT2D eigenvalue weighted by Gasteiger charge is -2.14. The summed E-state index contributed by atoms with van der Waals surface area (Å²) in [4.78, 5) is 22.6. The first kappa shape index (κ1) is 22.1. The Balaban J connectivity index is 1.81. The molecule has 0 bridgehead atoms. The first-order chi connectivity index (χ1) is 15.8. The Kier molecular flexibility index (Phi) is 5.88. The number of nitrogens with zero attached hydrogens (tertiary/aromatic N) is 2. The highest BCUT2D eigenvalue weighted by Crippen LogP contribution is 2.40. The van der Waals surface area contributed by atoms with Gasteiger partial charge in [0.2, 0.25) is 5.95 Å². The number of hydrogen-bond donors (Lipinski definition) is 4. The van der Waals surface area contributed by atoms with Crippen molar-refractivity contribution in [2.75, 3.05) is 17.7 Å². The van der Waals surface area contributed by atoms with E-state index in [2.05, 4.69) is 30.3 Å². The van der Waals surface area contributed by atoms with E-state index >= 15 is 0 Å². The highest BCUT2D eigenvalue weighted by molar-refractivity contribution is 6.04. The van der Waals surface area contributed by atoms with E-state index in [-0.39, 0.29) is 17.2 Å². The molecule has 0 radical (unpaired) electrons. The van der Waals surface area contributed by atoms with Crippen LogP contribution in [0.4, 0.5) is 35.3 Å². The number of fused-ring (bicyclic) bond motifs is 1. The van der Waals surface area contributed by atoms with E-state index in [9.17, 15) is 18.0 Å². The Morgan fingerprint density at radius 3 is 2.73 bits per heavy atom. The molecular formula is C22H19F3N6O2. The van der Waals surface area contributed by atoms with Crippen LogP contribution in [-0.4, -0.2) is 28.2 Å². The zero-order valence-electron chi connectivity index (χ0n) is 17.3. The van der Waals surface area contributed by atoms with Gasteiger partial charge in [0.15, 0.2) is 0 Å². The molecular weight excluding hydrogens is 437 g/mol. The number of methoxy groups -OCH3 is 1. The van der Waals surface area contributed by atoms with E-state index in [4.69, 9.17) is 5.73 Å². The average molecular weight is 456 g/mol. The van der Waals surface area contributed by atoms with E-state index in [0.29, 0.717) is 28.8 Å². The molecule has 2 heterocycles. The number of H-pyrrole nitrogens is 1. The van der Waals surface area contributed by atoms with E-state index in [0.717, 1.165) is 11.8 Å². The van der Waals surface area contributed by atoms with Gasteiger partial charge in [-0.05, 0) is 23.8 Å². The largest absolute Gasteiger partial charge is 0.453 e. The minimum Gasteiger partial charge on any atom is -0.453 e. The number of carbonyl (C=O) groups is 1. The smallest absolute Gasteiger partial charge is 0.419 e. The number of nitrogens with two attached hydrogens (primary N) is 1. The number of para-hydroxylation sites is 1. The third kappa shape index (κ3) is 4.58. The fraction of sp³-hybridized carbons (Fsp3) is 0.136. The van der Waals surface area contributed by atoms with Gasteiger partial charge in [0.05, 0.1) is 24.0 Å². The number of carbonyl (C=O) groups excluding carboxylic acids is 1. The van der Waals surface area contributed by atoms with E-state index in [1.807, 2.05) is 6.07 Å². The molecule has 2 aromatic heterocycles. The Hall–Kier alpha value is -4.12. The fourth-order valence-corrected chi connectivity index (χ4v) is 3.38. The Labute approximate surface area is 186 Å². The SMILES string of the molecule is COC(=O)Nc1cccc2c(-c3nc(Nc4cccc(CN)c4)ncc3C(F)(F)F)c[nH]c12. The summed E-state index contributed by atoms with van der Waals surface area (Å²) >= 11 is 0. The van der Waals surface area contributed by atoms with Gasteiger partial charge in [-0.2, -0.15) is 13.2 Å². The van der Waals surface area contributed by atoms with Crippen LogP contribution < -0.4 is 16.4 Å². The van der Waals surface area contributed by atoms with Crippen molar-refractivity contribution in [2.24, 2.45) is 5.73 Å². The lowest BCUT2D eigenvalue weighted by atomic mass is 10.1. The summed E-state index contributed by atoms with van der Waals surface area (Å²) in [7, 11) is 1.21. The van der Waals surface area contributed by atoms with Crippen LogP contribution in [0, 0.1) is 0 Å². The Morgan fingerprint density at radius 2 is 2.00 bits per heavy atom. The number of rotatable bonds is 5. The molecule has 0 aliphatic carbocycles. The third-order valence-corrected chi connectivity index (χ3v) is 4.91. The number of aromatic nitrogens is 3. The molecule has 1 amide bonds. The Bertz CT molecular complexity index is 1320. The quantitative estimate of drug-likeness (QED) is 0.335. The molecule has 170 valence electrons. The maximum atomic E-state index is 13.8. The van der Waals surface area contributed by atoms with Crippen molar-refractivity contribution < 1.29 is 22.7 Å². The topological polar surface area (TPSA) is 118 Å². The lowest BCUT2D eigenvalue weighted by molar-refractivity contribution is -0.137. The van der Waals surface area contributed by atoms with Gasteiger partial charge in [0.1, 0.15) is 5.56 Å². The van der Waals surface area contributed by atoms with Crippen LogP contribution in [0.3, 0.4) is 0 Å². The van der Waals surface area contributed by atoms with Gasteiger partial charge in [-0.25, -0.2) is 14.8 Å². The molecule has 2 aromatic carbocycles. The van der Waals surface area contributed by atoms with E-state index < -0.39 is 17.8 Å². The summed E-state index contributed by atoms with van der Waals surface area (Å²) in [6.07, 6.45) is -3.24. The number of halogens is 3. The van der Waals surface area contributed by atoms with Crippen LogP contribution in [0.15, 0.2) is 54.9 Å². The highest BCUT2D eigenvalue weighted by Gasteiger charge is 2.36. The number of ether oxygens (including phenoxy) is 1. The molecule has 0 aliphatic heterocycles. The van der Waals surface area contributed by atoms with Gasteiger partial charge >= 0.3 is 12.3 Å². The zero-order chi connectivity index (χ0) is 23.6. The lowest BCUT2D eigenvalue weighted by Crippen LogP contribution is -2.11. The molecule has 33 heavy (non-hydrogen) atoms. The van der Waals surface area contributed by atoms with Crippen LogP contribution in [0.5, 0.6) is 0 Å². The van der Waals surface area contributed by atoms with E-state index in [1.54, 1.807) is 36.4 Å². The average Bonchev–Trinajstić information content (AvgIpc) is 3.23. The van der Waals surface area contributed by atoms with Crippen molar-refractivity contribution in [3.05, 3.63) is 66.0 Å². The highest BCUT2D eigenvalue weighted by atomic mass is 19.4. The summed E-state index contributed by atoms with van der Waals surface area (Å²) in [5, 5.41) is 5.89. The molecule has 0 unspecified atom stereocenters. The number of alkyl halides is 3. The first-order valence-corrected chi connectivity index (χ1v) is 9.76. The summed E-state index contributed by atoms with van der Waals surface area (Å²) in [5.74, 6) is -0.00892. The number of nitrogens with one attached hydrogen (secondary N) is 3. The Morgan fingerprint density at radius 1 is 1.21 bits per heavy atom. The van der Waals surface area contributed by atoms with Gasteiger partial charge in [-0.3, -0.25) is 5.32 Å². The molecule has 4 rings (SSSR count). The van der Waals surface area contributed by atoms with Crippen molar-refractivity contribution >= 4 is 34.3 Å². The maximum Gasteiger partial charge on any atom is 0.419 e. The fourth-order valence-electron chi connectivity index (χ4n) is 3.38. The predicted molar refractivity (Wildman–Crippen MR) is 118 cm³/mol. The van der Waals surface area contributed by atoms with Crippen LogP contribution in [-0.2, 0) is 17.5 Å². The minimum absolute atomic E-state index is 0.00892. The van der Waals surface area contributed by atoms with Gasteiger partial charge in [0.25, 0.3) is 0 Å². The second-order valence-electron chi connectivity index (χ2n) is 7.03. The van der Waals surface area contributed by atoms with Crippen LogP contribution in [0.25, 0.3) is 22.2 Å². The second kappa shape index (κ2) is 8.79. The summed E-state index contributed by atoms with van der Waals surface area (Å²) in [6, 6.07) is 11.9. The van der Waals surface area contributed by atoms with E-state index in [1.165, 1.54) is 13.3 Å². The monoisotopic (exact) mass is 456 g/mol. The maximum absolute atomic E-state index is 13.8. The number of hydrogen-bond acceptors (Lipinski definition) is 6. The van der Waals surface area contributed by atoms with Gasteiger partial charge in [-0.15, -0.1) is 0 Å². The van der Waals surface area contributed by atoms with Gasteiger partial charge in [0, 0.05) is 35.6 Å². The van der Waals surface area contributed by atoms with Crippen molar-refractivity contribution in [2.45, 2.75) is 12.7 Å². The molecule has 4 aromatic rings. The molecule has 11 heteroatoms. The molecule has 0 atom stereocenters. The van der Waals surface area contributed by atoms with Crippen molar-refractivity contribution in [1.82, 2.24) is 15.0 Å². The summed E-state index contributed by atoms with van der Waals surface area (Å²) < 4.78 is 46.0. The molecule has 5 N–H and O–H groups in total. The van der Waals surface area contributed by atoms with Crippen LogP contribution in [0.1, 0.15) is 11.1 Å². The van der Waals surface area contributed by atoms with Crippen molar-refractivity contribution in [1.29, 1.82) is 0 Å². The normalized spacial score (nSPS) is 11.4. The molecule has 0 fully saturated rings. The van der Waals surface area contributed by atoms with Gasteiger partial charge in [-0.1, -0.05) is 24.3 Å². The number of anilines is 3. The van der Waals surface area contributed by atoms with Crippen LogP contribution in [0.2, 0.25) is 0 Å². The predicted octanol–water partition coefficient (Wildman–Crippen LogP) is 5.02. The van der Waals surface area contributed by atoms with Crippen molar-refractivity contribution in [3.63, 3.8) is 0 Å². The molecule has 0 aliphatic rings. The number of aromatic amines is 1. The summed E-state index contributed by atoms with van der Waals surface area (Å²) in [5.41, 5.74) is 6.76. The number of benzene rings is 2. The van der Waals surface area contributed by atoms with Gasteiger partial charge < -0.3 is 20.8 Å². The number of amides is 1. The molecule has 0 saturated carbocycles. The van der Waals surface area contributed by atoms with Crippen LogP contribution >= 0.6 is 0 Å². The first-order valence-electron chi connectivity index (χ1n) is 9.76.